The van der Waals surface area contributed by atoms with Crippen molar-refractivity contribution in [1.29, 1.82) is 0 Å². The van der Waals surface area contributed by atoms with Gasteiger partial charge in [-0.3, -0.25) is 0 Å². The second kappa shape index (κ2) is 6.03. The van der Waals surface area contributed by atoms with Crippen LogP contribution in [-0.4, -0.2) is 29.4 Å². The van der Waals surface area contributed by atoms with Gasteiger partial charge in [-0.05, 0) is 49.7 Å². The Morgan fingerprint density at radius 1 is 1.33 bits per heavy atom. The molecule has 0 fully saturated rings. The third-order valence-electron chi connectivity index (χ3n) is 3.82. The van der Waals surface area contributed by atoms with Crippen molar-refractivity contribution in [2.24, 2.45) is 0 Å². The number of benzene rings is 1. The van der Waals surface area contributed by atoms with Gasteiger partial charge in [0.1, 0.15) is 5.75 Å². The summed E-state index contributed by atoms with van der Waals surface area (Å²) in [4.78, 5) is 8.87. The predicted molar refractivity (Wildman–Crippen MR) is 84.9 cm³/mol. The van der Waals surface area contributed by atoms with Crippen LogP contribution in [0.25, 0.3) is 0 Å². The molecule has 2 atom stereocenters. The van der Waals surface area contributed by atoms with Crippen LogP contribution in [0.2, 0.25) is 0 Å². The molecule has 0 radical (unpaired) electrons. The van der Waals surface area contributed by atoms with E-state index in [0.717, 1.165) is 23.0 Å². The molecule has 0 bridgehead atoms. The van der Waals surface area contributed by atoms with Crippen LogP contribution >= 0.6 is 11.8 Å². The highest BCUT2D eigenvalue weighted by Crippen LogP contribution is 2.41. The van der Waals surface area contributed by atoms with Crippen LogP contribution < -0.4 is 10.1 Å². The number of aromatic nitrogens is 2. The molecule has 0 saturated heterocycles. The molecule has 21 heavy (non-hydrogen) atoms. The third kappa shape index (κ3) is 2.89. The molecule has 4 nitrogen and oxygen atoms in total. The Morgan fingerprint density at radius 3 is 2.90 bits per heavy atom. The molecule has 2 aromatic rings. The second-order valence-electron chi connectivity index (χ2n) is 5.17. The van der Waals surface area contributed by atoms with Crippen molar-refractivity contribution in [2.45, 2.75) is 29.8 Å². The minimum atomic E-state index is 0.296. The summed E-state index contributed by atoms with van der Waals surface area (Å²) in [6, 6.07) is 8.55. The minimum absolute atomic E-state index is 0.296. The molecule has 0 saturated carbocycles. The van der Waals surface area contributed by atoms with Crippen molar-refractivity contribution in [1.82, 2.24) is 15.3 Å². The topological polar surface area (TPSA) is 47.0 Å². The van der Waals surface area contributed by atoms with Crippen molar-refractivity contribution in [2.75, 3.05) is 14.2 Å². The van der Waals surface area contributed by atoms with Crippen LogP contribution in [0.3, 0.4) is 0 Å². The van der Waals surface area contributed by atoms with Crippen molar-refractivity contribution in [3.63, 3.8) is 0 Å². The molecule has 2 unspecified atom stereocenters. The Morgan fingerprint density at radius 2 is 2.19 bits per heavy atom. The normalized spacial score (nSPS) is 20.3. The zero-order chi connectivity index (χ0) is 14.8. The molecule has 1 aliphatic rings. The molecule has 1 N–H and O–H groups in total. The summed E-state index contributed by atoms with van der Waals surface area (Å²) in [6.45, 7) is 2.00. The van der Waals surface area contributed by atoms with Crippen LogP contribution in [0.4, 0.5) is 0 Å². The monoisotopic (exact) mass is 301 g/mol. The number of aryl methyl sites for hydroxylation is 1. The Hall–Kier alpha value is -1.59. The summed E-state index contributed by atoms with van der Waals surface area (Å²) in [5.74, 6) is 0.909. The number of nitrogens with zero attached hydrogens (tertiary/aromatic N) is 2. The highest BCUT2D eigenvalue weighted by molar-refractivity contribution is 7.99. The van der Waals surface area contributed by atoms with Gasteiger partial charge in [0, 0.05) is 23.2 Å². The molecule has 1 heterocycles. The smallest absolute Gasteiger partial charge is 0.188 e. The van der Waals surface area contributed by atoms with Gasteiger partial charge < -0.3 is 10.1 Å². The van der Waals surface area contributed by atoms with Gasteiger partial charge in [-0.15, -0.1) is 0 Å². The van der Waals surface area contributed by atoms with Gasteiger partial charge in [0.15, 0.2) is 5.16 Å². The standard InChI is InChI=1S/C16H19N3OS/c1-10-6-7-18-16(19-10)21-14-8-11-4-5-12(20-3)9-13(11)15(14)17-2/h4-7,9,14-15,17H,8H2,1-3H3. The lowest BCUT2D eigenvalue weighted by Gasteiger charge is -2.19. The van der Waals surface area contributed by atoms with Crippen LogP contribution in [0.5, 0.6) is 5.75 Å². The maximum Gasteiger partial charge on any atom is 0.188 e. The van der Waals surface area contributed by atoms with E-state index in [9.17, 15) is 0 Å². The summed E-state index contributed by atoms with van der Waals surface area (Å²) in [6.07, 6.45) is 2.84. The SMILES string of the molecule is CNC1c2cc(OC)ccc2CC1Sc1nccc(C)n1. The Balaban J connectivity index is 1.85. The van der Waals surface area contributed by atoms with Crippen molar-refractivity contribution in [3.8, 4) is 5.75 Å². The van der Waals surface area contributed by atoms with Gasteiger partial charge in [0.05, 0.1) is 7.11 Å². The highest BCUT2D eigenvalue weighted by atomic mass is 32.2. The number of ether oxygens (including phenoxy) is 1. The molecule has 1 aromatic heterocycles. The number of fused-ring (bicyclic) bond motifs is 1. The Kier molecular flexibility index (Phi) is 4.12. The average molecular weight is 301 g/mol. The van der Waals surface area contributed by atoms with Crippen molar-refractivity contribution in [3.05, 3.63) is 47.3 Å². The summed E-state index contributed by atoms with van der Waals surface area (Å²) in [5.41, 5.74) is 3.70. The number of nitrogens with one attached hydrogen (secondary N) is 1. The molecular weight excluding hydrogens is 282 g/mol. The summed E-state index contributed by atoms with van der Waals surface area (Å²) >= 11 is 1.74. The van der Waals surface area contributed by atoms with E-state index < -0.39 is 0 Å². The first kappa shape index (κ1) is 14.4. The second-order valence-corrected chi connectivity index (χ2v) is 6.38. The van der Waals surface area contributed by atoms with Crippen LogP contribution in [0.15, 0.2) is 35.6 Å². The largest absolute Gasteiger partial charge is 0.497 e. The molecule has 0 spiro atoms. The lowest BCUT2D eigenvalue weighted by atomic mass is 10.1. The van der Waals surface area contributed by atoms with Gasteiger partial charge >= 0.3 is 0 Å². The summed E-state index contributed by atoms with van der Waals surface area (Å²) < 4.78 is 5.34. The first-order valence-corrected chi connectivity index (χ1v) is 7.89. The zero-order valence-corrected chi connectivity index (χ0v) is 13.3. The van der Waals surface area contributed by atoms with Gasteiger partial charge in [0.2, 0.25) is 0 Å². The number of rotatable bonds is 4. The molecule has 110 valence electrons. The van der Waals surface area contributed by atoms with E-state index in [2.05, 4.69) is 27.4 Å². The number of hydrogen-bond acceptors (Lipinski definition) is 5. The third-order valence-corrected chi connectivity index (χ3v) is 4.97. The maximum absolute atomic E-state index is 5.34. The predicted octanol–water partition coefficient (Wildman–Crippen LogP) is 2.77. The van der Waals surface area contributed by atoms with E-state index in [1.165, 1.54) is 11.1 Å². The van der Waals surface area contributed by atoms with Crippen LogP contribution in [0.1, 0.15) is 22.9 Å². The van der Waals surface area contributed by atoms with E-state index in [0.29, 0.717) is 11.3 Å². The lowest BCUT2D eigenvalue weighted by Crippen LogP contribution is -2.23. The zero-order valence-electron chi connectivity index (χ0n) is 12.5. The number of methoxy groups -OCH3 is 1. The van der Waals surface area contributed by atoms with E-state index in [-0.39, 0.29) is 0 Å². The van der Waals surface area contributed by atoms with Gasteiger partial charge in [-0.25, -0.2) is 9.97 Å². The lowest BCUT2D eigenvalue weighted by molar-refractivity contribution is 0.413. The van der Waals surface area contributed by atoms with Crippen LogP contribution in [-0.2, 0) is 6.42 Å². The van der Waals surface area contributed by atoms with Crippen molar-refractivity contribution < 1.29 is 4.74 Å². The molecule has 5 heteroatoms. The summed E-state index contributed by atoms with van der Waals surface area (Å²) in [7, 11) is 3.71. The first-order chi connectivity index (χ1) is 10.2. The molecule has 1 aromatic carbocycles. The van der Waals surface area contributed by atoms with Crippen LogP contribution in [0, 0.1) is 6.92 Å². The van der Waals surface area contributed by atoms with E-state index in [1.54, 1.807) is 18.9 Å². The fourth-order valence-electron chi connectivity index (χ4n) is 2.78. The highest BCUT2D eigenvalue weighted by Gasteiger charge is 2.33. The Labute approximate surface area is 129 Å². The first-order valence-electron chi connectivity index (χ1n) is 7.01. The molecule has 0 aliphatic heterocycles. The van der Waals surface area contributed by atoms with E-state index in [1.807, 2.05) is 32.3 Å². The fraction of sp³-hybridized carbons (Fsp3) is 0.375. The van der Waals surface area contributed by atoms with E-state index >= 15 is 0 Å². The molecule has 0 amide bonds. The molecule has 3 rings (SSSR count). The quantitative estimate of drug-likeness (QED) is 0.880. The van der Waals surface area contributed by atoms with Gasteiger partial charge in [-0.2, -0.15) is 0 Å². The van der Waals surface area contributed by atoms with E-state index in [4.69, 9.17) is 4.74 Å². The molecular formula is C16H19N3OS. The number of hydrogen-bond donors (Lipinski definition) is 1. The number of thioether (sulfide) groups is 1. The Bertz CT molecular complexity index is 647. The average Bonchev–Trinajstić information content (AvgIpc) is 2.83. The maximum atomic E-state index is 5.34. The summed E-state index contributed by atoms with van der Waals surface area (Å²) in [5, 5.41) is 4.67. The minimum Gasteiger partial charge on any atom is -0.497 e. The van der Waals surface area contributed by atoms with Crippen molar-refractivity contribution >= 4 is 11.8 Å². The van der Waals surface area contributed by atoms with Gasteiger partial charge in [0.25, 0.3) is 0 Å². The molecule has 1 aliphatic carbocycles. The fourth-order valence-corrected chi connectivity index (χ4v) is 4.05. The van der Waals surface area contributed by atoms with Gasteiger partial charge in [-0.1, -0.05) is 17.8 Å².